The minimum absolute atomic E-state index is 0.0557. The average molecular weight is 307 g/mol. The summed E-state index contributed by atoms with van der Waals surface area (Å²) in [6.45, 7) is -0.227. The van der Waals surface area contributed by atoms with Gasteiger partial charge in [-0.05, 0) is 57.3 Å². The highest BCUT2D eigenvalue weighted by molar-refractivity contribution is 6.82. The van der Waals surface area contributed by atoms with Crippen LogP contribution >= 0.6 is 0 Å². The Hall–Kier alpha value is -2.56. The molecule has 1 aliphatic heterocycles. The molecular formula is C18H19BN3O+. The van der Waals surface area contributed by atoms with Gasteiger partial charge in [0.1, 0.15) is 12.5 Å². The molecule has 3 aromatic heterocycles. The SMILES string of the molecule is [2H]C([2H])([2H])c1ccc(B2C=c3oc4nc(C)ccc4c3=CN2C)[n+](C)c1. The van der Waals surface area contributed by atoms with E-state index < -0.39 is 6.85 Å². The van der Waals surface area contributed by atoms with E-state index >= 15 is 0 Å². The molecule has 0 atom stereocenters. The van der Waals surface area contributed by atoms with E-state index in [4.69, 9.17) is 8.53 Å². The van der Waals surface area contributed by atoms with Crippen LogP contribution in [0, 0.1) is 13.8 Å². The number of pyridine rings is 2. The summed E-state index contributed by atoms with van der Waals surface area (Å²) in [5.41, 5.74) is 3.65. The van der Waals surface area contributed by atoms with Crippen molar-refractivity contribution >= 4 is 35.7 Å². The number of rotatable bonds is 1. The lowest BCUT2D eigenvalue weighted by Crippen LogP contribution is -2.60. The molecular weight excluding hydrogens is 285 g/mol. The summed E-state index contributed by atoms with van der Waals surface area (Å²) >= 11 is 0. The first-order valence-electron chi connectivity index (χ1n) is 9.06. The van der Waals surface area contributed by atoms with E-state index in [0.717, 1.165) is 27.3 Å². The van der Waals surface area contributed by atoms with Crippen LogP contribution in [0.5, 0.6) is 0 Å². The van der Waals surface area contributed by atoms with Gasteiger partial charge in [-0.15, -0.1) is 0 Å². The van der Waals surface area contributed by atoms with Crippen LogP contribution in [0.3, 0.4) is 0 Å². The van der Waals surface area contributed by atoms with Gasteiger partial charge in [0, 0.05) is 26.0 Å². The van der Waals surface area contributed by atoms with E-state index in [1.54, 1.807) is 12.3 Å². The summed E-state index contributed by atoms with van der Waals surface area (Å²) < 4.78 is 30.6. The van der Waals surface area contributed by atoms with Crippen molar-refractivity contribution in [2.45, 2.75) is 13.8 Å². The zero-order valence-corrected chi connectivity index (χ0v) is 13.4. The van der Waals surface area contributed by atoms with Gasteiger partial charge in [0.2, 0.25) is 5.71 Å². The van der Waals surface area contributed by atoms with Crippen molar-refractivity contribution in [3.05, 3.63) is 52.4 Å². The maximum Gasteiger partial charge on any atom is 0.399 e. The molecule has 0 saturated heterocycles. The van der Waals surface area contributed by atoms with Gasteiger partial charge in [0.25, 0.3) is 0 Å². The van der Waals surface area contributed by atoms with Gasteiger partial charge in [-0.3, -0.25) is 0 Å². The van der Waals surface area contributed by atoms with Crippen LogP contribution in [0.15, 0.2) is 34.9 Å². The first kappa shape index (κ1) is 11.1. The Labute approximate surface area is 139 Å². The molecule has 114 valence electrons. The summed E-state index contributed by atoms with van der Waals surface area (Å²) in [6.07, 6.45) is 3.73. The number of fused-ring (bicyclic) bond motifs is 3. The molecule has 0 fully saturated rings. The Morgan fingerprint density at radius 2 is 2.17 bits per heavy atom. The van der Waals surface area contributed by atoms with E-state index in [2.05, 4.69) is 22.0 Å². The molecule has 0 unspecified atom stereocenters. The predicted molar refractivity (Wildman–Crippen MR) is 92.4 cm³/mol. The number of aromatic nitrogens is 2. The largest absolute Gasteiger partial charge is 0.439 e. The van der Waals surface area contributed by atoms with Gasteiger partial charge in [-0.2, -0.15) is 0 Å². The fourth-order valence-corrected chi connectivity index (χ4v) is 3.13. The van der Waals surface area contributed by atoms with Crippen LogP contribution in [-0.2, 0) is 7.05 Å². The van der Waals surface area contributed by atoms with Gasteiger partial charge >= 0.3 is 6.85 Å². The zero-order chi connectivity index (χ0) is 18.6. The van der Waals surface area contributed by atoms with E-state index in [1.807, 2.05) is 43.8 Å². The van der Waals surface area contributed by atoms with Crippen LogP contribution in [0.2, 0.25) is 0 Å². The topological polar surface area (TPSA) is 33.2 Å². The number of nitrogens with zero attached hydrogens (tertiary/aromatic N) is 3. The Balaban J connectivity index is 1.85. The number of hydrogen-bond acceptors (Lipinski definition) is 3. The third-order valence-electron chi connectivity index (χ3n) is 4.32. The Bertz CT molecular complexity index is 1140. The summed E-state index contributed by atoms with van der Waals surface area (Å²) in [7, 11) is 3.87. The Morgan fingerprint density at radius 1 is 1.30 bits per heavy atom. The number of furan rings is 1. The minimum Gasteiger partial charge on any atom is -0.439 e. The first-order chi connectivity index (χ1) is 12.2. The van der Waals surface area contributed by atoms with Gasteiger partial charge in [-0.25, -0.2) is 9.55 Å². The van der Waals surface area contributed by atoms with Gasteiger partial charge < -0.3 is 9.23 Å². The van der Waals surface area contributed by atoms with Crippen LogP contribution in [0.25, 0.3) is 23.3 Å². The second kappa shape index (κ2) is 4.98. The molecule has 0 amide bonds. The second-order valence-electron chi connectivity index (χ2n) is 6.04. The number of hydrogen-bond donors (Lipinski definition) is 0. The van der Waals surface area contributed by atoms with Crippen molar-refractivity contribution < 1.29 is 13.1 Å². The standard InChI is InChI=1S/C18H19BN3O/c1-12-5-8-17(21(3)10-12)19-9-16-15(11-22(19)4)14-7-6-13(2)20-18(14)23-16/h5-11H,1-4H3/q+1/i1D3. The molecule has 3 aromatic rings. The molecule has 0 aliphatic carbocycles. The van der Waals surface area contributed by atoms with Gasteiger partial charge in [0.15, 0.2) is 11.8 Å². The third-order valence-corrected chi connectivity index (χ3v) is 4.32. The molecule has 0 spiro atoms. The van der Waals surface area contributed by atoms with E-state index in [9.17, 15) is 0 Å². The van der Waals surface area contributed by atoms with E-state index in [-0.39, 0.29) is 6.85 Å². The lowest BCUT2D eigenvalue weighted by atomic mass is 9.56. The summed E-state index contributed by atoms with van der Waals surface area (Å²) in [6, 6.07) is 7.54. The second-order valence-corrected chi connectivity index (χ2v) is 6.04. The zero-order valence-electron chi connectivity index (χ0n) is 16.4. The van der Waals surface area contributed by atoms with E-state index in [0.29, 0.717) is 11.3 Å². The van der Waals surface area contributed by atoms with Crippen LogP contribution in [0.4, 0.5) is 0 Å². The van der Waals surface area contributed by atoms with E-state index in [1.165, 1.54) is 0 Å². The highest BCUT2D eigenvalue weighted by atomic mass is 16.3. The molecule has 4 nitrogen and oxygen atoms in total. The fraction of sp³-hybridized carbons (Fsp3) is 0.222. The normalized spacial score (nSPS) is 16.2. The maximum absolute atomic E-state index is 7.57. The summed E-state index contributed by atoms with van der Waals surface area (Å²) in [5.74, 6) is 2.05. The number of aryl methyl sites for hydroxylation is 3. The monoisotopic (exact) mass is 307 g/mol. The molecule has 23 heavy (non-hydrogen) atoms. The quantitative estimate of drug-likeness (QED) is 0.475. The molecule has 4 heterocycles. The third kappa shape index (κ3) is 2.24. The van der Waals surface area contributed by atoms with Crippen molar-refractivity contribution in [2.75, 3.05) is 7.05 Å². The molecule has 0 radical (unpaired) electrons. The van der Waals surface area contributed by atoms with Crippen molar-refractivity contribution in [3.63, 3.8) is 0 Å². The lowest BCUT2D eigenvalue weighted by Gasteiger charge is -2.20. The smallest absolute Gasteiger partial charge is 0.399 e. The molecule has 1 aliphatic rings. The minimum atomic E-state index is -2.11. The predicted octanol–water partition coefficient (Wildman–Crippen LogP) is 0.171. The molecule has 4 rings (SSSR count). The van der Waals surface area contributed by atoms with Crippen molar-refractivity contribution in [1.29, 1.82) is 0 Å². The highest BCUT2D eigenvalue weighted by Crippen LogP contribution is 2.09. The van der Waals surface area contributed by atoms with Crippen molar-refractivity contribution in [2.24, 2.45) is 7.05 Å². The highest BCUT2D eigenvalue weighted by Gasteiger charge is 2.30. The van der Waals surface area contributed by atoms with Crippen LogP contribution in [0.1, 0.15) is 15.4 Å². The first-order valence-corrected chi connectivity index (χ1v) is 7.56. The van der Waals surface area contributed by atoms with Gasteiger partial charge in [-0.1, -0.05) is 0 Å². The molecule has 0 bridgehead atoms. The Morgan fingerprint density at radius 3 is 2.96 bits per heavy atom. The Kier molecular flexibility index (Phi) is 2.39. The lowest BCUT2D eigenvalue weighted by molar-refractivity contribution is -0.654. The summed E-state index contributed by atoms with van der Waals surface area (Å²) in [5, 5.41) is 2.02. The molecule has 0 N–H and O–H groups in total. The molecule has 0 saturated carbocycles. The summed E-state index contributed by atoms with van der Waals surface area (Å²) in [4.78, 5) is 6.57. The van der Waals surface area contributed by atoms with Gasteiger partial charge in [0.05, 0.1) is 0 Å². The fourth-order valence-electron chi connectivity index (χ4n) is 3.13. The van der Waals surface area contributed by atoms with Crippen LogP contribution in [-0.4, -0.2) is 23.7 Å². The van der Waals surface area contributed by atoms with Crippen molar-refractivity contribution in [1.82, 2.24) is 9.79 Å². The van der Waals surface area contributed by atoms with Crippen LogP contribution < -0.4 is 20.8 Å². The maximum atomic E-state index is 7.57. The van der Waals surface area contributed by atoms with Crippen molar-refractivity contribution in [3.8, 4) is 0 Å². The average Bonchev–Trinajstić information content (AvgIpc) is 2.89. The molecule has 5 heteroatoms. The molecule has 0 aromatic carbocycles.